The number of halogens is 1. The molecule has 92 valence electrons. The Labute approximate surface area is 106 Å². The van der Waals surface area contributed by atoms with Crippen LogP contribution in [0, 0.1) is 0 Å². The van der Waals surface area contributed by atoms with Crippen LogP contribution in [-0.2, 0) is 9.53 Å². The summed E-state index contributed by atoms with van der Waals surface area (Å²) >= 11 is 3.14. The number of aliphatic hydroxyl groups is 1. The summed E-state index contributed by atoms with van der Waals surface area (Å²) in [6.07, 6.45) is 0.0107. The number of hydrogen-bond donors (Lipinski definition) is 2. The number of methoxy groups -OCH3 is 1. The third-order valence-electron chi connectivity index (χ3n) is 1.92. The first kappa shape index (κ1) is 13.6. The molecule has 0 fully saturated rings. The smallest absolute Gasteiger partial charge is 0.336 e. The van der Waals surface area contributed by atoms with Crippen molar-refractivity contribution in [3.05, 3.63) is 28.5 Å². The number of amides is 1. The van der Waals surface area contributed by atoms with Crippen LogP contribution in [0.15, 0.2) is 22.9 Å². The summed E-state index contributed by atoms with van der Waals surface area (Å²) in [5.74, 6) is -1.22. The highest BCUT2D eigenvalue weighted by Gasteiger charge is 2.16. The third kappa shape index (κ3) is 4.12. The van der Waals surface area contributed by atoms with Gasteiger partial charge in [0, 0.05) is 6.20 Å². The first-order chi connectivity index (χ1) is 8.04. The normalized spacial score (nSPS) is 11.7. The fourth-order valence-electron chi connectivity index (χ4n) is 1.02. The van der Waals surface area contributed by atoms with Crippen LogP contribution in [0.2, 0.25) is 0 Å². The van der Waals surface area contributed by atoms with Crippen molar-refractivity contribution < 1.29 is 19.4 Å². The molecule has 6 nitrogen and oxygen atoms in total. The molecule has 1 atom stereocenters. The lowest BCUT2D eigenvalue weighted by Crippen LogP contribution is -2.37. The van der Waals surface area contributed by atoms with Crippen LogP contribution in [0.1, 0.15) is 10.4 Å². The second-order valence-electron chi connectivity index (χ2n) is 3.12. The van der Waals surface area contributed by atoms with Gasteiger partial charge >= 0.3 is 5.97 Å². The standard InChI is InChI=1S/C10H11BrN2O4/c1-17-10(16)7(14)5-13-9(15)6-2-3-8(11)12-4-6/h2-4,7,14H,5H2,1H3,(H,13,15). The zero-order valence-electron chi connectivity index (χ0n) is 9.01. The van der Waals surface area contributed by atoms with E-state index >= 15 is 0 Å². The second kappa shape index (κ2) is 6.31. The summed E-state index contributed by atoms with van der Waals surface area (Å²) in [6.45, 7) is -0.207. The number of hydrogen-bond acceptors (Lipinski definition) is 5. The molecule has 0 spiro atoms. The molecule has 0 aliphatic heterocycles. The molecule has 1 unspecified atom stereocenters. The van der Waals surface area contributed by atoms with E-state index in [9.17, 15) is 14.7 Å². The van der Waals surface area contributed by atoms with Gasteiger partial charge in [0.1, 0.15) is 4.60 Å². The van der Waals surface area contributed by atoms with Crippen LogP contribution in [0.5, 0.6) is 0 Å². The quantitative estimate of drug-likeness (QED) is 0.609. The number of rotatable bonds is 4. The van der Waals surface area contributed by atoms with Gasteiger partial charge in [0.2, 0.25) is 0 Å². The van der Waals surface area contributed by atoms with Crippen molar-refractivity contribution in [3.63, 3.8) is 0 Å². The maximum atomic E-state index is 11.5. The van der Waals surface area contributed by atoms with E-state index in [-0.39, 0.29) is 6.54 Å². The van der Waals surface area contributed by atoms with E-state index < -0.39 is 18.0 Å². The number of carbonyl (C=O) groups is 2. The molecular weight excluding hydrogens is 292 g/mol. The van der Waals surface area contributed by atoms with Crippen LogP contribution in [0.4, 0.5) is 0 Å². The van der Waals surface area contributed by atoms with Gasteiger partial charge in [-0.05, 0) is 28.1 Å². The van der Waals surface area contributed by atoms with Gasteiger partial charge in [-0.15, -0.1) is 0 Å². The zero-order valence-corrected chi connectivity index (χ0v) is 10.6. The lowest BCUT2D eigenvalue weighted by atomic mass is 10.2. The van der Waals surface area contributed by atoms with Crippen molar-refractivity contribution in [2.24, 2.45) is 0 Å². The Morgan fingerprint density at radius 2 is 2.29 bits per heavy atom. The molecule has 0 radical (unpaired) electrons. The van der Waals surface area contributed by atoms with Gasteiger partial charge in [0.25, 0.3) is 5.91 Å². The van der Waals surface area contributed by atoms with Gasteiger partial charge in [-0.25, -0.2) is 9.78 Å². The lowest BCUT2D eigenvalue weighted by Gasteiger charge is -2.09. The maximum absolute atomic E-state index is 11.5. The third-order valence-corrected chi connectivity index (χ3v) is 2.39. The van der Waals surface area contributed by atoms with Crippen molar-refractivity contribution in [2.75, 3.05) is 13.7 Å². The second-order valence-corrected chi connectivity index (χ2v) is 3.93. The molecule has 2 N–H and O–H groups in total. The topological polar surface area (TPSA) is 88.5 Å². The van der Waals surface area contributed by atoms with Gasteiger partial charge in [-0.3, -0.25) is 4.79 Å². The van der Waals surface area contributed by atoms with Gasteiger partial charge in [0.15, 0.2) is 6.10 Å². The Balaban J connectivity index is 2.50. The van der Waals surface area contributed by atoms with Crippen molar-refractivity contribution in [1.82, 2.24) is 10.3 Å². The molecule has 7 heteroatoms. The summed E-state index contributed by atoms with van der Waals surface area (Å²) < 4.78 is 4.92. The van der Waals surface area contributed by atoms with Crippen LogP contribution in [-0.4, -0.2) is 41.7 Å². The largest absolute Gasteiger partial charge is 0.467 e. The Kier molecular flexibility index (Phi) is 5.05. The summed E-state index contributed by atoms with van der Waals surface area (Å²) in [6, 6.07) is 3.18. The highest BCUT2D eigenvalue weighted by atomic mass is 79.9. The fourth-order valence-corrected chi connectivity index (χ4v) is 1.26. The van der Waals surface area contributed by atoms with Crippen molar-refractivity contribution >= 4 is 27.8 Å². The first-order valence-corrected chi connectivity index (χ1v) is 5.49. The highest BCUT2D eigenvalue weighted by Crippen LogP contribution is 2.06. The summed E-state index contributed by atoms with van der Waals surface area (Å²) in [4.78, 5) is 26.3. The van der Waals surface area contributed by atoms with Crippen LogP contribution < -0.4 is 5.32 Å². The van der Waals surface area contributed by atoms with E-state index in [2.05, 4.69) is 31.0 Å². The van der Waals surface area contributed by atoms with Gasteiger partial charge in [0.05, 0.1) is 19.2 Å². The summed E-state index contributed by atoms with van der Waals surface area (Å²) in [5.41, 5.74) is 0.338. The summed E-state index contributed by atoms with van der Waals surface area (Å²) in [7, 11) is 1.16. The van der Waals surface area contributed by atoms with E-state index in [4.69, 9.17) is 0 Å². The number of esters is 1. The Morgan fingerprint density at radius 1 is 1.59 bits per heavy atom. The number of aliphatic hydroxyl groups excluding tert-OH is 1. The molecule has 1 amide bonds. The molecule has 1 rings (SSSR count). The van der Waals surface area contributed by atoms with Crippen LogP contribution >= 0.6 is 15.9 Å². The molecule has 0 aliphatic carbocycles. The van der Waals surface area contributed by atoms with E-state index in [0.29, 0.717) is 10.2 Å². The number of ether oxygens (including phenoxy) is 1. The van der Waals surface area contributed by atoms with E-state index in [1.807, 2.05) is 0 Å². The number of pyridine rings is 1. The molecule has 1 aromatic heterocycles. The Morgan fingerprint density at radius 3 is 2.82 bits per heavy atom. The molecule has 0 bridgehead atoms. The average molecular weight is 303 g/mol. The minimum atomic E-state index is -1.37. The van der Waals surface area contributed by atoms with Gasteiger partial charge < -0.3 is 15.2 Å². The number of carbonyl (C=O) groups excluding carboxylic acids is 2. The maximum Gasteiger partial charge on any atom is 0.336 e. The molecule has 0 saturated carbocycles. The SMILES string of the molecule is COC(=O)C(O)CNC(=O)c1ccc(Br)nc1. The molecule has 0 aromatic carbocycles. The predicted molar refractivity (Wildman–Crippen MR) is 62.3 cm³/mol. The van der Waals surface area contributed by atoms with E-state index in [1.54, 1.807) is 12.1 Å². The van der Waals surface area contributed by atoms with Crippen LogP contribution in [0.3, 0.4) is 0 Å². The summed E-state index contributed by atoms with van der Waals surface area (Å²) in [5, 5.41) is 11.6. The van der Waals surface area contributed by atoms with E-state index in [0.717, 1.165) is 7.11 Å². The molecule has 0 saturated heterocycles. The van der Waals surface area contributed by atoms with Crippen molar-refractivity contribution in [2.45, 2.75) is 6.10 Å². The number of aromatic nitrogens is 1. The Bertz CT molecular complexity index is 407. The van der Waals surface area contributed by atoms with Crippen molar-refractivity contribution in [1.29, 1.82) is 0 Å². The number of nitrogens with one attached hydrogen (secondary N) is 1. The lowest BCUT2D eigenvalue weighted by molar-refractivity contribution is -0.149. The molecular formula is C10H11BrN2O4. The molecule has 0 aliphatic rings. The fraction of sp³-hybridized carbons (Fsp3) is 0.300. The first-order valence-electron chi connectivity index (χ1n) is 4.70. The van der Waals surface area contributed by atoms with E-state index in [1.165, 1.54) is 6.20 Å². The molecule has 1 heterocycles. The average Bonchev–Trinajstić information content (AvgIpc) is 2.35. The van der Waals surface area contributed by atoms with Crippen LogP contribution in [0.25, 0.3) is 0 Å². The minimum absolute atomic E-state index is 0.207. The molecule has 1 aromatic rings. The highest BCUT2D eigenvalue weighted by molar-refractivity contribution is 9.10. The monoisotopic (exact) mass is 302 g/mol. The Hall–Kier alpha value is -1.47. The van der Waals surface area contributed by atoms with Gasteiger partial charge in [-0.2, -0.15) is 0 Å². The minimum Gasteiger partial charge on any atom is -0.467 e. The number of nitrogens with zero attached hydrogens (tertiary/aromatic N) is 1. The molecule has 17 heavy (non-hydrogen) atoms. The zero-order chi connectivity index (χ0) is 12.8. The van der Waals surface area contributed by atoms with Crippen molar-refractivity contribution in [3.8, 4) is 0 Å². The van der Waals surface area contributed by atoms with Gasteiger partial charge in [-0.1, -0.05) is 0 Å². The predicted octanol–water partition coefficient (Wildman–Crippen LogP) is 0.108.